The molecule has 2 rings (SSSR count). The molecule has 0 saturated carbocycles. The zero-order valence-electron chi connectivity index (χ0n) is 9.01. The molecule has 0 aliphatic carbocycles. The Bertz CT molecular complexity index is 463. The molecule has 16 heavy (non-hydrogen) atoms. The van der Waals surface area contributed by atoms with Crippen molar-refractivity contribution in [3.8, 4) is 0 Å². The molecule has 0 saturated heterocycles. The van der Waals surface area contributed by atoms with Crippen LogP contribution in [-0.2, 0) is 5.75 Å². The van der Waals surface area contributed by atoms with Gasteiger partial charge in [-0.25, -0.2) is 4.98 Å². The van der Waals surface area contributed by atoms with Gasteiger partial charge in [-0.05, 0) is 0 Å². The van der Waals surface area contributed by atoms with Crippen molar-refractivity contribution < 1.29 is 0 Å². The van der Waals surface area contributed by atoms with E-state index in [0.717, 1.165) is 15.8 Å². The quantitative estimate of drug-likeness (QED) is 0.867. The van der Waals surface area contributed by atoms with Gasteiger partial charge in [0.05, 0.1) is 10.7 Å². The lowest BCUT2D eigenvalue weighted by atomic mass is 10.2. The Kier molecular flexibility index (Phi) is 3.78. The van der Waals surface area contributed by atoms with Crippen molar-refractivity contribution in [1.82, 2.24) is 15.2 Å². The Morgan fingerprint density at radius 2 is 2.25 bits per heavy atom. The Balaban J connectivity index is 1.94. The second kappa shape index (κ2) is 5.11. The monoisotopic (exact) mass is 272 g/mol. The maximum atomic E-state index is 5.51. The summed E-state index contributed by atoms with van der Waals surface area (Å²) in [4.78, 5) is 4.55. The van der Waals surface area contributed by atoms with Gasteiger partial charge in [-0.2, -0.15) is 0 Å². The number of thioether (sulfide) groups is 1. The molecule has 2 aromatic heterocycles. The molecule has 0 unspecified atom stereocenters. The van der Waals surface area contributed by atoms with Crippen LogP contribution in [0, 0.1) is 0 Å². The van der Waals surface area contributed by atoms with Crippen LogP contribution in [0.1, 0.15) is 30.5 Å². The van der Waals surface area contributed by atoms with Crippen LogP contribution in [0.3, 0.4) is 0 Å². The van der Waals surface area contributed by atoms with E-state index in [1.165, 1.54) is 16.3 Å². The maximum Gasteiger partial charge on any atom is 0.203 e. The van der Waals surface area contributed by atoms with Crippen LogP contribution in [0.5, 0.6) is 0 Å². The summed E-state index contributed by atoms with van der Waals surface area (Å²) in [6.45, 7) is 4.31. The van der Waals surface area contributed by atoms with E-state index >= 15 is 0 Å². The number of aromatic nitrogens is 3. The molecular formula is C9H12N4S3. The molecular weight excluding hydrogens is 260 g/mol. The summed E-state index contributed by atoms with van der Waals surface area (Å²) in [6, 6.07) is 0. The van der Waals surface area contributed by atoms with Gasteiger partial charge in [0.25, 0.3) is 0 Å². The number of nitrogens with zero attached hydrogens (tertiary/aromatic N) is 3. The van der Waals surface area contributed by atoms with Crippen molar-refractivity contribution in [3.63, 3.8) is 0 Å². The largest absolute Gasteiger partial charge is 0.374 e. The van der Waals surface area contributed by atoms with Crippen LogP contribution in [0.2, 0.25) is 0 Å². The van der Waals surface area contributed by atoms with E-state index in [2.05, 4.69) is 34.4 Å². The number of rotatable bonds is 4. The summed E-state index contributed by atoms with van der Waals surface area (Å²) in [5, 5.41) is 11.5. The summed E-state index contributed by atoms with van der Waals surface area (Å²) >= 11 is 4.76. The van der Waals surface area contributed by atoms with Gasteiger partial charge in [0.2, 0.25) is 5.13 Å². The van der Waals surface area contributed by atoms with Crippen molar-refractivity contribution in [1.29, 1.82) is 0 Å². The average molecular weight is 272 g/mol. The second-order valence-electron chi connectivity index (χ2n) is 3.53. The molecule has 0 atom stereocenters. The third-order valence-corrected chi connectivity index (χ3v) is 4.94. The minimum absolute atomic E-state index is 0.501. The zero-order chi connectivity index (χ0) is 11.5. The van der Waals surface area contributed by atoms with E-state index < -0.39 is 0 Å². The normalized spacial score (nSPS) is 11.2. The molecule has 0 spiro atoms. The van der Waals surface area contributed by atoms with Crippen molar-refractivity contribution >= 4 is 39.6 Å². The first kappa shape index (κ1) is 11.8. The highest BCUT2D eigenvalue weighted by Crippen LogP contribution is 2.28. The molecule has 0 aromatic carbocycles. The SMILES string of the molecule is CC(C)c1nc(CSc2nnc(N)s2)cs1. The Hall–Kier alpha value is -0.660. The molecule has 4 nitrogen and oxygen atoms in total. The number of thiazole rings is 1. The van der Waals surface area contributed by atoms with Gasteiger partial charge in [-0.15, -0.1) is 21.5 Å². The minimum atomic E-state index is 0.501. The third-order valence-electron chi connectivity index (χ3n) is 1.83. The summed E-state index contributed by atoms with van der Waals surface area (Å²) in [6.07, 6.45) is 0. The predicted molar refractivity (Wildman–Crippen MR) is 70.1 cm³/mol. The van der Waals surface area contributed by atoms with Gasteiger partial charge in [-0.3, -0.25) is 0 Å². The van der Waals surface area contributed by atoms with E-state index in [-0.39, 0.29) is 0 Å². The lowest BCUT2D eigenvalue weighted by Gasteiger charge is -1.96. The number of nitrogen functional groups attached to an aromatic ring is 1. The van der Waals surface area contributed by atoms with Gasteiger partial charge >= 0.3 is 0 Å². The number of anilines is 1. The van der Waals surface area contributed by atoms with Crippen LogP contribution < -0.4 is 5.73 Å². The highest BCUT2D eigenvalue weighted by Gasteiger charge is 2.07. The Morgan fingerprint density at radius 3 is 2.81 bits per heavy atom. The lowest BCUT2D eigenvalue weighted by Crippen LogP contribution is -1.87. The molecule has 0 fully saturated rings. The molecule has 7 heteroatoms. The Morgan fingerprint density at radius 1 is 1.44 bits per heavy atom. The van der Waals surface area contributed by atoms with Gasteiger partial charge in [0.15, 0.2) is 4.34 Å². The summed E-state index contributed by atoms with van der Waals surface area (Å²) in [5.74, 6) is 1.33. The highest BCUT2D eigenvalue weighted by molar-refractivity contribution is 8.00. The molecule has 2 N–H and O–H groups in total. The van der Waals surface area contributed by atoms with E-state index in [1.807, 2.05) is 0 Å². The fourth-order valence-electron chi connectivity index (χ4n) is 1.07. The standard InChI is InChI=1S/C9H12N4S3/c1-5(2)7-11-6(3-14-7)4-15-9-13-12-8(10)16-9/h3,5H,4H2,1-2H3,(H2,10,12). The smallest absolute Gasteiger partial charge is 0.203 e. The second-order valence-corrected chi connectivity index (χ2v) is 6.65. The highest BCUT2D eigenvalue weighted by atomic mass is 32.2. The minimum Gasteiger partial charge on any atom is -0.374 e. The van der Waals surface area contributed by atoms with Crippen molar-refractivity contribution in [2.24, 2.45) is 0 Å². The Labute approximate surface area is 106 Å². The molecule has 0 aliphatic rings. The van der Waals surface area contributed by atoms with Gasteiger partial charge < -0.3 is 5.73 Å². The zero-order valence-corrected chi connectivity index (χ0v) is 11.5. The molecule has 0 aliphatic heterocycles. The first-order valence-corrected chi connectivity index (χ1v) is 7.49. The van der Waals surface area contributed by atoms with Crippen molar-refractivity contribution in [2.45, 2.75) is 29.9 Å². The van der Waals surface area contributed by atoms with Gasteiger partial charge in [0, 0.05) is 17.1 Å². The molecule has 86 valence electrons. The molecule has 0 radical (unpaired) electrons. The van der Waals surface area contributed by atoms with Crippen LogP contribution in [0.25, 0.3) is 0 Å². The maximum absolute atomic E-state index is 5.51. The molecule has 0 amide bonds. The van der Waals surface area contributed by atoms with Crippen molar-refractivity contribution in [2.75, 3.05) is 5.73 Å². The number of hydrogen-bond donors (Lipinski definition) is 1. The predicted octanol–water partition coefficient (Wildman–Crippen LogP) is 2.99. The number of hydrogen-bond acceptors (Lipinski definition) is 7. The molecule has 2 heterocycles. The van der Waals surface area contributed by atoms with E-state index in [1.54, 1.807) is 23.1 Å². The van der Waals surface area contributed by atoms with Crippen LogP contribution >= 0.6 is 34.4 Å². The van der Waals surface area contributed by atoms with E-state index in [9.17, 15) is 0 Å². The lowest BCUT2D eigenvalue weighted by molar-refractivity contribution is 0.846. The summed E-state index contributed by atoms with van der Waals surface area (Å²) in [7, 11) is 0. The summed E-state index contributed by atoms with van der Waals surface area (Å²) < 4.78 is 0.900. The fourth-order valence-corrected chi connectivity index (χ4v) is 3.54. The first-order chi connectivity index (χ1) is 7.65. The van der Waals surface area contributed by atoms with Gasteiger partial charge in [0.1, 0.15) is 0 Å². The third kappa shape index (κ3) is 2.93. The topological polar surface area (TPSA) is 64.7 Å². The van der Waals surface area contributed by atoms with Crippen LogP contribution in [-0.4, -0.2) is 15.2 Å². The van der Waals surface area contributed by atoms with Crippen LogP contribution in [0.4, 0.5) is 5.13 Å². The van der Waals surface area contributed by atoms with Gasteiger partial charge in [-0.1, -0.05) is 36.9 Å². The molecule has 0 bridgehead atoms. The average Bonchev–Trinajstić information content (AvgIpc) is 2.83. The summed E-state index contributed by atoms with van der Waals surface area (Å²) in [5.41, 5.74) is 6.61. The first-order valence-electron chi connectivity index (χ1n) is 4.81. The van der Waals surface area contributed by atoms with Crippen molar-refractivity contribution in [3.05, 3.63) is 16.1 Å². The van der Waals surface area contributed by atoms with Crippen LogP contribution in [0.15, 0.2) is 9.72 Å². The fraction of sp³-hybridized carbons (Fsp3) is 0.444. The molecule has 2 aromatic rings. The number of nitrogens with two attached hydrogens (primary N) is 1. The van der Waals surface area contributed by atoms with E-state index in [0.29, 0.717) is 11.0 Å². The van der Waals surface area contributed by atoms with E-state index in [4.69, 9.17) is 5.73 Å².